The summed E-state index contributed by atoms with van der Waals surface area (Å²) in [5.74, 6) is -0.242. The Hall–Kier alpha value is -2.58. The maximum atomic E-state index is 12.4. The SMILES string of the molecule is CCNc1ccc(S(=O)(=O)N(C)C)cc1NC(=O)Cc1ccc(N)cc1. The van der Waals surface area contributed by atoms with Gasteiger partial charge < -0.3 is 16.4 Å². The summed E-state index contributed by atoms with van der Waals surface area (Å²) in [5.41, 5.74) is 8.18. The number of sulfonamides is 1. The van der Waals surface area contributed by atoms with Crippen LogP contribution < -0.4 is 16.4 Å². The molecular formula is C18H24N4O3S. The van der Waals surface area contributed by atoms with Crippen LogP contribution >= 0.6 is 0 Å². The van der Waals surface area contributed by atoms with Gasteiger partial charge in [0.15, 0.2) is 0 Å². The predicted molar refractivity (Wildman–Crippen MR) is 105 cm³/mol. The Morgan fingerprint density at radius 1 is 1.08 bits per heavy atom. The van der Waals surface area contributed by atoms with E-state index >= 15 is 0 Å². The van der Waals surface area contributed by atoms with Crippen molar-refractivity contribution in [2.24, 2.45) is 0 Å². The Labute approximate surface area is 154 Å². The monoisotopic (exact) mass is 376 g/mol. The van der Waals surface area contributed by atoms with Gasteiger partial charge in [-0.25, -0.2) is 12.7 Å². The van der Waals surface area contributed by atoms with Crippen molar-refractivity contribution in [2.45, 2.75) is 18.2 Å². The lowest BCUT2D eigenvalue weighted by Crippen LogP contribution is -2.23. The standard InChI is InChI=1S/C18H24N4O3S/c1-4-20-16-10-9-15(26(24,25)22(2)3)12-17(16)21-18(23)11-13-5-7-14(19)8-6-13/h5-10,12,20H,4,11,19H2,1-3H3,(H,21,23). The molecule has 0 radical (unpaired) electrons. The zero-order valence-electron chi connectivity index (χ0n) is 15.1. The van der Waals surface area contributed by atoms with Crippen LogP contribution in [0, 0.1) is 0 Å². The molecule has 7 nitrogen and oxygen atoms in total. The highest BCUT2D eigenvalue weighted by Gasteiger charge is 2.19. The zero-order valence-corrected chi connectivity index (χ0v) is 15.9. The molecule has 2 aromatic rings. The first kappa shape index (κ1) is 19.7. The zero-order chi connectivity index (χ0) is 19.3. The lowest BCUT2D eigenvalue weighted by molar-refractivity contribution is -0.115. The lowest BCUT2D eigenvalue weighted by atomic mass is 10.1. The number of nitrogens with one attached hydrogen (secondary N) is 2. The first-order chi connectivity index (χ1) is 12.2. The van der Waals surface area contributed by atoms with Crippen LogP contribution in [-0.4, -0.2) is 39.3 Å². The third-order valence-electron chi connectivity index (χ3n) is 3.76. The van der Waals surface area contributed by atoms with E-state index in [0.29, 0.717) is 23.6 Å². The number of hydrogen-bond donors (Lipinski definition) is 3. The highest BCUT2D eigenvalue weighted by molar-refractivity contribution is 7.89. The average Bonchev–Trinajstić information content (AvgIpc) is 2.58. The summed E-state index contributed by atoms with van der Waals surface area (Å²) in [4.78, 5) is 12.5. The van der Waals surface area contributed by atoms with Gasteiger partial charge in [0, 0.05) is 26.3 Å². The molecule has 0 aliphatic carbocycles. The molecule has 0 atom stereocenters. The van der Waals surface area contributed by atoms with Crippen LogP contribution in [0.4, 0.5) is 17.1 Å². The number of nitrogen functional groups attached to an aromatic ring is 1. The second-order valence-corrected chi connectivity index (χ2v) is 8.14. The van der Waals surface area contributed by atoms with Crippen molar-refractivity contribution in [3.05, 3.63) is 48.0 Å². The number of carbonyl (C=O) groups is 1. The van der Waals surface area contributed by atoms with Gasteiger partial charge in [0.2, 0.25) is 15.9 Å². The minimum atomic E-state index is -3.59. The van der Waals surface area contributed by atoms with Crippen LogP contribution in [0.3, 0.4) is 0 Å². The van der Waals surface area contributed by atoms with E-state index < -0.39 is 10.0 Å². The van der Waals surface area contributed by atoms with Crippen molar-refractivity contribution in [3.63, 3.8) is 0 Å². The predicted octanol–water partition coefficient (Wildman–Crippen LogP) is 2.13. The second-order valence-electron chi connectivity index (χ2n) is 5.99. The molecule has 26 heavy (non-hydrogen) atoms. The molecular weight excluding hydrogens is 352 g/mol. The third kappa shape index (κ3) is 4.74. The van der Waals surface area contributed by atoms with Gasteiger partial charge in [-0.15, -0.1) is 0 Å². The van der Waals surface area contributed by atoms with Crippen LogP contribution in [0.25, 0.3) is 0 Å². The summed E-state index contributed by atoms with van der Waals surface area (Å²) < 4.78 is 25.8. The molecule has 2 aromatic carbocycles. The van der Waals surface area contributed by atoms with Crippen molar-refractivity contribution in [2.75, 3.05) is 37.0 Å². The first-order valence-electron chi connectivity index (χ1n) is 8.18. The summed E-state index contributed by atoms with van der Waals surface area (Å²) in [5, 5.41) is 5.92. The molecule has 0 bridgehead atoms. The Morgan fingerprint density at radius 3 is 2.31 bits per heavy atom. The molecule has 0 aliphatic heterocycles. The van der Waals surface area contributed by atoms with Crippen molar-refractivity contribution in [3.8, 4) is 0 Å². The molecule has 2 rings (SSSR count). The molecule has 8 heteroatoms. The number of nitrogens with two attached hydrogens (primary N) is 1. The van der Waals surface area contributed by atoms with Gasteiger partial charge >= 0.3 is 0 Å². The smallest absolute Gasteiger partial charge is 0.242 e. The molecule has 0 saturated carbocycles. The van der Waals surface area contributed by atoms with Crippen molar-refractivity contribution >= 4 is 33.0 Å². The largest absolute Gasteiger partial charge is 0.399 e. The van der Waals surface area contributed by atoms with Gasteiger partial charge in [-0.2, -0.15) is 0 Å². The maximum Gasteiger partial charge on any atom is 0.242 e. The van der Waals surface area contributed by atoms with Crippen LogP contribution in [-0.2, 0) is 21.2 Å². The van der Waals surface area contributed by atoms with E-state index in [0.717, 1.165) is 9.87 Å². The number of rotatable bonds is 7. The number of amides is 1. The number of hydrogen-bond acceptors (Lipinski definition) is 5. The van der Waals surface area contributed by atoms with Gasteiger partial charge in [0.25, 0.3) is 0 Å². The molecule has 0 aromatic heterocycles. The molecule has 0 fully saturated rings. The first-order valence-corrected chi connectivity index (χ1v) is 9.62. The topological polar surface area (TPSA) is 105 Å². The Kier molecular flexibility index (Phi) is 6.23. The van der Waals surface area contributed by atoms with E-state index in [1.807, 2.05) is 6.92 Å². The van der Waals surface area contributed by atoms with E-state index in [1.54, 1.807) is 30.3 Å². The molecule has 140 valence electrons. The van der Waals surface area contributed by atoms with Crippen LogP contribution in [0.1, 0.15) is 12.5 Å². The van der Waals surface area contributed by atoms with Gasteiger partial charge in [-0.1, -0.05) is 12.1 Å². The quantitative estimate of drug-likeness (QED) is 0.642. The molecule has 0 heterocycles. The van der Waals surface area contributed by atoms with Gasteiger partial charge in [0.1, 0.15) is 0 Å². The van der Waals surface area contributed by atoms with Crippen LogP contribution in [0.5, 0.6) is 0 Å². The summed E-state index contributed by atoms with van der Waals surface area (Å²) in [7, 11) is -0.660. The molecule has 0 spiro atoms. The van der Waals surface area contributed by atoms with Crippen molar-refractivity contribution in [1.82, 2.24) is 4.31 Å². The summed E-state index contributed by atoms with van der Waals surface area (Å²) in [6, 6.07) is 11.7. The summed E-state index contributed by atoms with van der Waals surface area (Å²) >= 11 is 0. The van der Waals surface area contributed by atoms with Crippen LogP contribution in [0.2, 0.25) is 0 Å². The van der Waals surface area contributed by atoms with Crippen molar-refractivity contribution < 1.29 is 13.2 Å². The van der Waals surface area contributed by atoms with Crippen LogP contribution in [0.15, 0.2) is 47.4 Å². The summed E-state index contributed by atoms with van der Waals surface area (Å²) in [6.07, 6.45) is 0.163. The van der Waals surface area contributed by atoms with E-state index in [1.165, 1.54) is 26.2 Å². The van der Waals surface area contributed by atoms with E-state index in [-0.39, 0.29) is 17.2 Å². The second kappa shape index (κ2) is 8.20. The summed E-state index contributed by atoms with van der Waals surface area (Å²) in [6.45, 7) is 2.56. The molecule has 0 saturated heterocycles. The number of nitrogens with zero attached hydrogens (tertiary/aromatic N) is 1. The Morgan fingerprint density at radius 2 is 1.73 bits per heavy atom. The van der Waals surface area contributed by atoms with E-state index in [4.69, 9.17) is 5.73 Å². The molecule has 0 unspecified atom stereocenters. The van der Waals surface area contributed by atoms with Gasteiger partial charge in [0.05, 0.1) is 22.7 Å². The molecule has 0 aliphatic rings. The number of carbonyl (C=O) groups excluding carboxylic acids is 1. The highest BCUT2D eigenvalue weighted by Crippen LogP contribution is 2.27. The minimum absolute atomic E-state index is 0.118. The van der Waals surface area contributed by atoms with E-state index in [9.17, 15) is 13.2 Å². The molecule has 4 N–H and O–H groups in total. The highest BCUT2D eigenvalue weighted by atomic mass is 32.2. The fraction of sp³-hybridized carbons (Fsp3) is 0.278. The Balaban J connectivity index is 2.27. The number of anilines is 3. The minimum Gasteiger partial charge on any atom is -0.399 e. The van der Waals surface area contributed by atoms with E-state index in [2.05, 4.69) is 10.6 Å². The third-order valence-corrected chi connectivity index (χ3v) is 5.57. The normalized spacial score (nSPS) is 11.4. The van der Waals surface area contributed by atoms with Crippen molar-refractivity contribution in [1.29, 1.82) is 0 Å². The lowest BCUT2D eigenvalue weighted by Gasteiger charge is -2.16. The molecule has 1 amide bonds. The fourth-order valence-electron chi connectivity index (χ4n) is 2.36. The maximum absolute atomic E-state index is 12.4. The fourth-order valence-corrected chi connectivity index (χ4v) is 3.29. The van der Waals surface area contributed by atoms with Gasteiger partial charge in [-0.3, -0.25) is 4.79 Å². The number of benzene rings is 2. The van der Waals surface area contributed by atoms with Gasteiger partial charge in [-0.05, 0) is 42.8 Å². The average molecular weight is 376 g/mol. The Bertz CT molecular complexity index is 878.